The molecule has 0 fully saturated rings. The molecule has 0 spiro atoms. The summed E-state index contributed by atoms with van der Waals surface area (Å²) in [7, 11) is 0. The van der Waals surface area contributed by atoms with Crippen molar-refractivity contribution in [3.63, 3.8) is 0 Å². The van der Waals surface area contributed by atoms with Crippen LogP contribution in [0.1, 0.15) is 32.7 Å². The second-order valence-corrected chi connectivity index (χ2v) is 6.10. The van der Waals surface area contributed by atoms with Crippen molar-refractivity contribution in [1.82, 2.24) is 4.90 Å². The molecule has 0 aromatic heterocycles. The average Bonchev–Trinajstić information content (AvgIpc) is 2.78. The number of hydrogen-bond donors (Lipinski definition) is 0. The summed E-state index contributed by atoms with van der Waals surface area (Å²) in [6.45, 7) is -0.333. The van der Waals surface area contributed by atoms with Crippen molar-refractivity contribution in [2.75, 3.05) is 6.54 Å². The molecule has 0 N–H and O–H groups in total. The van der Waals surface area contributed by atoms with Crippen molar-refractivity contribution in [1.29, 1.82) is 0 Å². The van der Waals surface area contributed by atoms with Crippen LogP contribution in [0.2, 0.25) is 0 Å². The lowest BCUT2D eigenvalue weighted by Gasteiger charge is -2.21. The molecule has 3 rings (SSSR count). The number of halogens is 3. The van der Waals surface area contributed by atoms with E-state index in [1.165, 1.54) is 30.3 Å². The molecule has 2 aromatic carbocycles. The molecule has 0 radical (unpaired) electrons. The Balaban J connectivity index is 1.78. The molecule has 0 aliphatic carbocycles. The van der Waals surface area contributed by atoms with Crippen LogP contribution in [0, 0.1) is 0 Å². The smallest absolute Gasteiger partial charge is 0.274 e. The molecule has 118 valence electrons. The van der Waals surface area contributed by atoms with Crippen molar-refractivity contribution >= 4 is 27.7 Å². The van der Waals surface area contributed by atoms with Gasteiger partial charge in [0, 0.05) is 23.0 Å². The quantitative estimate of drug-likeness (QED) is 0.745. The standard InChI is InChI=1S/C17H12BrF2NO2/c18-14-8-4-3-7-13(14)17(19,20)9-10-21-15(22)11-5-1-2-6-12(11)16(21)23/h1-8H,9-10H2. The van der Waals surface area contributed by atoms with Gasteiger partial charge in [0.2, 0.25) is 0 Å². The minimum atomic E-state index is -3.14. The van der Waals surface area contributed by atoms with Gasteiger partial charge in [-0.15, -0.1) is 0 Å². The molecule has 0 bridgehead atoms. The molecular formula is C17H12BrF2NO2. The third-order valence-corrected chi connectivity index (χ3v) is 4.49. The molecule has 3 nitrogen and oxygen atoms in total. The number of imide groups is 1. The zero-order valence-electron chi connectivity index (χ0n) is 11.9. The predicted molar refractivity (Wildman–Crippen MR) is 84.5 cm³/mol. The second kappa shape index (κ2) is 5.85. The van der Waals surface area contributed by atoms with Gasteiger partial charge in [-0.1, -0.05) is 46.3 Å². The lowest BCUT2D eigenvalue weighted by Crippen LogP contribution is -2.33. The maximum Gasteiger partial charge on any atom is 0.276 e. The summed E-state index contributed by atoms with van der Waals surface area (Å²) >= 11 is 3.11. The van der Waals surface area contributed by atoms with E-state index in [-0.39, 0.29) is 23.2 Å². The average molecular weight is 380 g/mol. The zero-order valence-corrected chi connectivity index (χ0v) is 13.5. The number of fused-ring (bicyclic) bond motifs is 1. The molecule has 23 heavy (non-hydrogen) atoms. The lowest BCUT2D eigenvalue weighted by molar-refractivity contribution is -0.0192. The Hall–Kier alpha value is -2.08. The van der Waals surface area contributed by atoms with Gasteiger partial charge in [0.05, 0.1) is 11.1 Å². The molecule has 0 saturated heterocycles. The SMILES string of the molecule is O=C1c2ccccc2C(=O)N1CCC(F)(F)c1ccccc1Br. The van der Waals surface area contributed by atoms with Crippen LogP contribution in [-0.2, 0) is 5.92 Å². The van der Waals surface area contributed by atoms with Gasteiger partial charge in [-0.3, -0.25) is 14.5 Å². The van der Waals surface area contributed by atoms with Gasteiger partial charge in [-0.25, -0.2) is 8.78 Å². The molecular weight excluding hydrogens is 368 g/mol. The van der Waals surface area contributed by atoms with E-state index in [0.717, 1.165) is 4.90 Å². The molecule has 1 aliphatic heterocycles. The van der Waals surface area contributed by atoms with Crippen LogP contribution >= 0.6 is 15.9 Å². The molecule has 2 aromatic rings. The van der Waals surface area contributed by atoms with Gasteiger partial charge >= 0.3 is 0 Å². The van der Waals surface area contributed by atoms with Crippen LogP contribution in [0.3, 0.4) is 0 Å². The van der Waals surface area contributed by atoms with Crippen LogP contribution in [0.4, 0.5) is 8.78 Å². The number of hydrogen-bond acceptors (Lipinski definition) is 2. The highest BCUT2D eigenvalue weighted by molar-refractivity contribution is 9.10. The molecule has 6 heteroatoms. The van der Waals surface area contributed by atoms with Crippen LogP contribution in [0.15, 0.2) is 53.0 Å². The molecule has 1 aliphatic rings. The monoisotopic (exact) mass is 379 g/mol. The van der Waals surface area contributed by atoms with E-state index < -0.39 is 24.2 Å². The van der Waals surface area contributed by atoms with E-state index in [4.69, 9.17) is 0 Å². The highest BCUT2D eigenvalue weighted by Gasteiger charge is 2.39. The first kappa shape index (κ1) is 15.8. The van der Waals surface area contributed by atoms with Crippen molar-refractivity contribution in [3.8, 4) is 0 Å². The highest BCUT2D eigenvalue weighted by atomic mass is 79.9. The number of benzene rings is 2. The number of alkyl halides is 2. The first-order valence-corrected chi connectivity index (χ1v) is 7.79. The topological polar surface area (TPSA) is 37.4 Å². The van der Waals surface area contributed by atoms with E-state index in [0.29, 0.717) is 4.47 Å². The van der Waals surface area contributed by atoms with Crippen molar-refractivity contribution < 1.29 is 18.4 Å². The summed E-state index contributed by atoms with van der Waals surface area (Å²) in [5, 5.41) is 0. The minimum absolute atomic E-state index is 0.156. The molecule has 2 amide bonds. The largest absolute Gasteiger partial charge is 0.276 e. The van der Waals surface area contributed by atoms with E-state index in [1.54, 1.807) is 18.2 Å². The van der Waals surface area contributed by atoms with Crippen molar-refractivity contribution in [2.45, 2.75) is 12.3 Å². The van der Waals surface area contributed by atoms with Crippen molar-refractivity contribution in [2.24, 2.45) is 0 Å². The Morgan fingerprint density at radius 2 is 1.43 bits per heavy atom. The molecule has 0 atom stereocenters. The number of carbonyl (C=O) groups is 2. The summed E-state index contributed by atoms with van der Waals surface area (Å²) in [6, 6.07) is 12.4. The van der Waals surface area contributed by atoms with Gasteiger partial charge in [0.25, 0.3) is 17.7 Å². The Bertz CT molecular complexity index is 757. The Morgan fingerprint density at radius 3 is 2.00 bits per heavy atom. The van der Waals surface area contributed by atoms with Crippen molar-refractivity contribution in [3.05, 3.63) is 69.7 Å². The molecule has 0 saturated carbocycles. The maximum absolute atomic E-state index is 14.4. The zero-order chi connectivity index (χ0) is 16.6. The van der Waals surface area contributed by atoms with Crippen LogP contribution in [-0.4, -0.2) is 23.3 Å². The van der Waals surface area contributed by atoms with E-state index in [2.05, 4.69) is 15.9 Å². The number of amides is 2. The normalized spacial score (nSPS) is 14.3. The van der Waals surface area contributed by atoms with Crippen LogP contribution < -0.4 is 0 Å². The first-order chi connectivity index (χ1) is 10.9. The summed E-state index contributed by atoms with van der Waals surface area (Å²) in [4.78, 5) is 25.2. The molecule has 1 heterocycles. The Labute approximate surface area is 140 Å². The fraction of sp³-hybridized carbons (Fsp3) is 0.176. The van der Waals surface area contributed by atoms with Gasteiger partial charge in [0.1, 0.15) is 0 Å². The first-order valence-electron chi connectivity index (χ1n) is 7.00. The third kappa shape index (κ3) is 2.79. The Kier molecular flexibility index (Phi) is 4.02. The number of rotatable bonds is 4. The van der Waals surface area contributed by atoms with E-state index in [9.17, 15) is 18.4 Å². The molecule has 0 unspecified atom stereocenters. The summed E-state index contributed by atoms with van der Waals surface area (Å²) in [5.41, 5.74) is 0.375. The summed E-state index contributed by atoms with van der Waals surface area (Å²) in [5.74, 6) is -4.18. The van der Waals surface area contributed by atoms with Crippen LogP contribution in [0.25, 0.3) is 0 Å². The Morgan fingerprint density at radius 1 is 0.913 bits per heavy atom. The van der Waals surface area contributed by atoms with Gasteiger partial charge in [-0.2, -0.15) is 0 Å². The second-order valence-electron chi connectivity index (χ2n) is 5.24. The van der Waals surface area contributed by atoms with Gasteiger partial charge < -0.3 is 0 Å². The fourth-order valence-electron chi connectivity index (χ4n) is 2.59. The van der Waals surface area contributed by atoms with E-state index >= 15 is 0 Å². The fourth-order valence-corrected chi connectivity index (χ4v) is 3.16. The third-order valence-electron chi connectivity index (χ3n) is 3.80. The van der Waals surface area contributed by atoms with Gasteiger partial charge in [0.15, 0.2) is 0 Å². The number of nitrogens with zero attached hydrogens (tertiary/aromatic N) is 1. The highest BCUT2D eigenvalue weighted by Crippen LogP contribution is 2.37. The number of carbonyl (C=O) groups excluding carboxylic acids is 2. The lowest BCUT2D eigenvalue weighted by atomic mass is 10.1. The van der Waals surface area contributed by atoms with E-state index in [1.807, 2.05) is 0 Å². The minimum Gasteiger partial charge on any atom is -0.274 e. The maximum atomic E-state index is 14.4. The predicted octanol–water partition coefficient (Wildman–Crippen LogP) is 4.23. The summed E-state index contributed by atoms with van der Waals surface area (Å²) in [6.07, 6.45) is -0.624. The summed E-state index contributed by atoms with van der Waals surface area (Å²) < 4.78 is 29.0. The van der Waals surface area contributed by atoms with Crippen LogP contribution in [0.5, 0.6) is 0 Å². The van der Waals surface area contributed by atoms with Gasteiger partial charge in [-0.05, 0) is 18.2 Å².